The van der Waals surface area contributed by atoms with Crippen molar-refractivity contribution < 1.29 is 9.90 Å². The summed E-state index contributed by atoms with van der Waals surface area (Å²) in [6, 6.07) is 3.76. The van der Waals surface area contributed by atoms with Crippen LogP contribution in [0.25, 0.3) is 0 Å². The molecule has 4 heteroatoms. The topological polar surface area (TPSA) is 53.4 Å². The molecule has 1 aliphatic heterocycles. The monoisotopic (exact) mass is 206 g/mol. The van der Waals surface area contributed by atoms with Gasteiger partial charge in [0.2, 0.25) is 0 Å². The summed E-state index contributed by atoms with van der Waals surface area (Å²) < 4.78 is 0. The van der Waals surface area contributed by atoms with Crippen molar-refractivity contribution in [3.63, 3.8) is 0 Å². The Morgan fingerprint density at radius 2 is 2.47 bits per heavy atom. The lowest BCUT2D eigenvalue weighted by atomic mass is 10.2. The number of nitrogens with zero attached hydrogens (tertiary/aromatic N) is 2. The fraction of sp³-hybridized carbons (Fsp3) is 0.455. The van der Waals surface area contributed by atoms with Crippen LogP contribution in [0.5, 0.6) is 0 Å². The molecule has 0 spiro atoms. The van der Waals surface area contributed by atoms with E-state index in [0.717, 1.165) is 31.5 Å². The minimum atomic E-state index is 0.164. The van der Waals surface area contributed by atoms with Gasteiger partial charge in [0.25, 0.3) is 0 Å². The number of aliphatic hydroxyl groups is 1. The van der Waals surface area contributed by atoms with Crippen LogP contribution in [0.1, 0.15) is 23.2 Å². The molecule has 0 aliphatic carbocycles. The molecule has 15 heavy (non-hydrogen) atoms. The van der Waals surface area contributed by atoms with Gasteiger partial charge in [0, 0.05) is 18.3 Å². The highest BCUT2D eigenvalue weighted by Gasteiger charge is 2.24. The van der Waals surface area contributed by atoms with Crippen molar-refractivity contribution in [2.75, 3.05) is 18.1 Å². The Labute approximate surface area is 88.6 Å². The first-order valence-corrected chi connectivity index (χ1v) is 5.14. The Morgan fingerprint density at radius 1 is 1.60 bits per heavy atom. The third-order valence-electron chi connectivity index (χ3n) is 2.79. The molecule has 0 bridgehead atoms. The van der Waals surface area contributed by atoms with Gasteiger partial charge in [-0.1, -0.05) is 0 Å². The van der Waals surface area contributed by atoms with E-state index in [2.05, 4.69) is 9.88 Å². The van der Waals surface area contributed by atoms with E-state index >= 15 is 0 Å². The molecule has 2 heterocycles. The van der Waals surface area contributed by atoms with Gasteiger partial charge in [0.15, 0.2) is 6.29 Å². The second-order valence-corrected chi connectivity index (χ2v) is 3.74. The number of anilines is 1. The van der Waals surface area contributed by atoms with Crippen molar-refractivity contribution in [1.82, 2.24) is 4.98 Å². The van der Waals surface area contributed by atoms with E-state index in [1.165, 1.54) is 0 Å². The second-order valence-electron chi connectivity index (χ2n) is 3.74. The van der Waals surface area contributed by atoms with Gasteiger partial charge >= 0.3 is 0 Å². The highest BCUT2D eigenvalue weighted by atomic mass is 16.3. The zero-order chi connectivity index (χ0) is 10.7. The number of carbonyl (C=O) groups excluding carboxylic acids is 1. The van der Waals surface area contributed by atoms with Crippen LogP contribution >= 0.6 is 0 Å². The second kappa shape index (κ2) is 4.40. The third kappa shape index (κ3) is 1.99. The Morgan fingerprint density at radius 3 is 3.07 bits per heavy atom. The van der Waals surface area contributed by atoms with Crippen LogP contribution in [-0.2, 0) is 0 Å². The van der Waals surface area contributed by atoms with Gasteiger partial charge in [0.05, 0.1) is 12.6 Å². The maximum Gasteiger partial charge on any atom is 0.151 e. The van der Waals surface area contributed by atoms with E-state index in [0.29, 0.717) is 5.56 Å². The zero-order valence-electron chi connectivity index (χ0n) is 8.47. The molecule has 0 radical (unpaired) electrons. The van der Waals surface area contributed by atoms with E-state index in [1.54, 1.807) is 12.3 Å². The van der Waals surface area contributed by atoms with E-state index in [9.17, 15) is 9.90 Å². The maximum absolute atomic E-state index is 10.5. The lowest BCUT2D eigenvalue weighted by Crippen LogP contribution is -2.32. The van der Waals surface area contributed by atoms with Crippen LogP contribution in [0.4, 0.5) is 5.82 Å². The van der Waals surface area contributed by atoms with Crippen LogP contribution in [-0.4, -0.2) is 35.6 Å². The van der Waals surface area contributed by atoms with Crippen LogP contribution < -0.4 is 4.90 Å². The fourth-order valence-corrected chi connectivity index (χ4v) is 1.96. The van der Waals surface area contributed by atoms with Crippen molar-refractivity contribution in [3.05, 3.63) is 23.9 Å². The minimum absolute atomic E-state index is 0.164. The average molecular weight is 206 g/mol. The molecule has 1 aliphatic rings. The minimum Gasteiger partial charge on any atom is -0.394 e. The molecule has 1 fully saturated rings. The number of carbonyl (C=O) groups is 1. The summed E-state index contributed by atoms with van der Waals surface area (Å²) in [6.45, 7) is 1.09. The largest absolute Gasteiger partial charge is 0.394 e. The number of aromatic nitrogens is 1. The highest BCUT2D eigenvalue weighted by molar-refractivity contribution is 5.74. The van der Waals surface area contributed by atoms with E-state index in [1.807, 2.05) is 6.07 Å². The molecule has 1 saturated heterocycles. The molecule has 80 valence electrons. The predicted octanol–water partition coefficient (Wildman–Crippen LogP) is 0.855. The first kappa shape index (κ1) is 10.1. The van der Waals surface area contributed by atoms with Gasteiger partial charge in [-0.3, -0.25) is 4.79 Å². The Hall–Kier alpha value is -1.42. The van der Waals surface area contributed by atoms with E-state index in [4.69, 9.17) is 0 Å². The summed E-state index contributed by atoms with van der Waals surface area (Å²) in [5.74, 6) is 0.845. The summed E-state index contributed by atoms with van der Waals surface area (Å²) in [5.41, 5.74) is 0.582. The highest BCUT2D eigenvalue weighted by Crippen LogP contribution is 2.23. The molecule has 1 N–H and O–H groups in total. The first-order valence-electron chi connectivity index (χ1n) is 5.14. The maximum atomic E-state index is 10.5. The quantitative estimate of drug-likeness (QED) is 0.745. The van der Waals surface area contributed by atoms with Crippen molar-refractivity contribution >= 4 is 12.1 Å². The third-order valence-corrected chi connectivity index (χ3v) is 2.79. The molecule has 0 aromatic carbocycles. The molecular formula is C11H14N2O2. The SMILES string of the molecule is O=Cc1ccc(N2CCC[C@H]2CO)nc1. The summed E-state index contributed by atoms with van der Waals surface area (Å²) in [5, 5.41) is 9.17. The fourth-order valence-electron chi connectivity index (χ4n) is 1.96. The molecule has 1 atom stereocenters. The molecule has 1 aromatic heterocycles. The van der Waals surface area contributed by atoms with Crippen molar-refractivity contribution in [2.45, 2.75) is 18.9 Å². The summed E-state index contributed by atoms with van der Waals surface area (Å²) in [4.78, 5) is 16.8. The Bertz CT molecular complexity index is 337. The number of rotatable bonds is 3. The van der Waals surface area contributed by atoms with Crippen LogP contribution in [0.3, 0.4) is 0 Å². The number of hydrogen-bond acceptors (Lipinski definition) is 4. The first-order chi connectivity index (χ1) is 7.35. The summed E-state index contributed by atoms with van der Waals surface area (Å²) in [6.07, 6.45) is 4.44. The molecular weight excluding hydrogens is 192 g/mol. The molecule has 0 unspecified atom stereocenters. The molecule has 0 amide bonds. The van der Waals surface area contributed by atoms with Crippen molar-refractivity contribution in [2.24, 2.45) is 0 Å². The Kier molecular flexibility index (Phi) is 2.97. The lowest BCUT2D eigenvalue weighted by molar-refractivity contribution is 0.112. The van der Waals surface area contributed by atoms with Gasteiger partial charge in [-0.15, -0.1) is 0 Å². The van der Waals surface area contributed by atoms with Gasteiger partial charge in [0.1, 0.15) is 5.82 Å². The van der Waals surface area contributed by atoms with Crippen LogP contribution in [0.2, 0.25) is 0 Å². The van der Waals surface area contributed by atoms with Crippen molar-refractivity contribution in [1.29, 1.82) is 0 Å². The normalized spacial score (nSPS) is 20.6. The van der Waals surface area contributed by atoms with E-state index < -0.39 is 0 Å². The molecule has 0 saturated carbocycles. The number of aliphatic hydroxyl groups excluding tert-OH is 1. The van der Waals surface area contributed by atoms with Crippen molar-refractivity contribution in [3.8, 4) is 0 Å². The van der Waals surface area contributed by atoms with Gasteiger partial charge < -0.3 is 10.0 Å². The number of hydrogen-bond donors (Lipinski definition) is 1. The summed E-state index contributed by atoms with van der Waals surface area (Å²) in [7, 11) is 0. The van der Waals surface area contributed by atoms with Gasteiger partial charge in [-0.25, -0.2) is 4.98 Å². The van der Waals surface area contributed by atoms with E-state index in [-0.39, 0.29) is 12.6 Å². The Balaban J connectivity index is 2.17. The molecule has 1 aromatic rings. The molecule has 4 nitrogen and oxygen atoms in total. The van der Waals surface area contributed by atoms with Crippen LogP contribution in [0.15, 0.2) is 18.3 Å². The predicted molar refractivity (Wildman–Crippen MR) is 57.1 cm³/mol. The zero-order valence-corrected chi connectivity index (χ0v) is 8.47. The number of aldehydes is 1. The van der Waals surface area contributed by atoms with Gasteiger partial charge in [-0.05, 0) is 25.0 Å². The standard InChI is InChI=1S/C11H14N2O2/c14-7-9-3-4-11(12-6-9)13-5-1-2-10(13)8-15/h3-4,6-7,10,15H,1-2,5,8H2/t10-/m0/s1. The van der Waals surface area contributed by atoms with Gasteiger partial charge in [-0.2, -0.15) is 0 Å². The van der Waals surface area contributed by atoms with Crippen LogP contribution in [0, 0.1) is 0 Å². The molecule has 2 rings (SSSR count). The smallest absolute Gasteiger partial charge is 0.151 e. The summed E-state index contributed by atoms with van der Waals surface area (Å²) >= 11 is 0. The average Bonchev–Trinajstić information content (AvgIpc) is 2.77. The lowest BCUT2D eigenvalue weighted by Gasteiger charge is -2.23. The number of pyridine rings is 1.